The molecule has 4 atom stereocenters. The van der Waals surface area contributed by atoms with Crippen molar-refractivity contribution in [1.82, 2.24) is 9.80 Å². The quantitative estimate of drug-likeness (QED) is 0.890. The van der Waals surface area contributed by atoms with E-state index in [0.717, 1.165) is 5.56 Å². The van der Waals surface area contributed by atoms with Crippen molar-refractivity contribution in [2.45, 2.75) is 19.4 Å². The highest BCUT2D eigenvalue weighted by molar-refractivity contribution is 6.30. The first kappa shape index (κ1) is 17.7. The molecule has 25 heavy (non-hydrogen) atoms. The highest BCUT2D eigenvalue weighted by Crippen LogP contribution is 2.40. The average molecular weight is 365 g/mol. The van der Waals surface area contributed by atoms with Crippen molar-refractivity contribution in [1.29, 1.82) is 0 Å². The molecule has 1 aromatic carbocycles. The van der Waals surface area contributed by atoms with E-state index < -0.39 is 17.8 Å². The standard InChI is InChI=1S/C18H21ClN2O4/c1-10-8-21(9-14(10)18(24)25)17(23)13-7-15(22)20(2)16(13)11-4-3-5-12(19)6-11/h3-6,10,13-14,16H,7-9H2,1-2H3,(H,24,25)/t10-,13?,14-,16?/m1/s1. The molecular formula is C18H21ClN2O4. The average Bonchev–Trinajstić information content (AvgIpc) is 3.08. The van der Waals surface area contributed by atoms with Gasteiger partial charge in [-0.25, -0.2) is 0 Å². The van der Waals surface area contributed by atoms with Crippen LogP contribution in [-0.4, -0.2) is 52.8 Å². The second kappa shape index (κ2) is 6.67. The lowest BCUT2D eigenvalue weighted by atomic mass is 9.92. The van der Waals surface area contributed by atoms with Crippen molar-refractivity contribution >= 4 is 29.4 Å². The van der Waals surface area contributed by atoms with Gasteiger partial charge in [0.15, 0.2) is 0 Å². The summed E-state index contributed by atoms with van der Waals surface area (Å²) in [5.74, 6) is -2.29. The zero-order valence-electron chi connectivity index (χ0n) is 14.2. The summed E-state index contributed by atoms with van der Waals surface area (Å²) >= 11 is 6.07. The SMILES string of the molecule is C[C@@H]1CN(C(=O)C2CC(=O)N(C)C2c2cccc(Cl)c2)C[C@H]1C(=O)O. The van der Waals surface area contributed by atoms with E-state index in [2.05, 4.69) is 0 Å². The number of carbonyl (C=O) groups is 3. The van der Waals surface area contributed by atoms with Crippen LogP contribution in [0.25, 0.3) is 0 Å². The largest absolute Gasteiger partial charge is 0.481 e. The molecule has 6 nitrogen and oxygen atoms in total. The van der Waals surface area contributed by atoms with Crippen LogP contribution in [0.4, 0.5) is 0 Å². The molecule has 0 spiro atoms. The molecule has 2 aliphatic heterocycles. The van der Waals surface area contributed by atoms with Crippen LogP contribution in [0.5, 0.6) is 0 Å². The van der Waals surface area contributed by atoms with E-state index in [1.807, 2.05) is 13.0 Å². The van der Waals surface area contributed by atoms with Gasteiger partial charge in [0.05, 0.1) is 17.9 Å². The van der Waals surface area contributed by atoms with Gasteiger partial charge in [-0.15, -0.1) is 0 Å². The summed E-state index contributed by atoms with van der Waals surface area (Å²) in [6.07, 6.45) is 0.134. The van der Waals surface area contributed by atoms with Gasteiger partial charge in [-0.05, 0) is 23.6 Å². The molecule has 134 valence electrons. The summed E-state index contributed by atoms with van der Waals surface area (Å²) in [6, 6.07) is 6.80. The maximum atomic E-state index is 13.0. The van der Waals surface area contributed by atoms with Gasteiger partial charge in [-0.3, -0.25) is 14.4 Å². The van der Waals surface area contributed by atoms with Crippen LogP contribution in [0.15, 0.2) is 24.3 Å². The highest BCUT2D eigenvalue weighted by atomic mass is 35.5. The number of carbonyl (C=O) groups excluding carboxylic acids is 2. The number of hydrogen-bond donors (Lipinski definition) is 1. The number of halogens is 1. The first-order chi connectivity index (χ1) is 11.8. The molecule has 2 fully saturated rings. The fourth-order valence-electron chi connectivity index (χ4n) is 3.94. The van der Waals surface area contributed by atoms with Crippen LogP contribution in [0, 0.1) is 17.8 Å². The number of carboxylic acid groups (broad SMARTS) is 1. The predicted octanol–water partition coefficient (Wildman–Crippen LogP) is 2.04. The Morgan fingerprint density at radius 2 is 1.96 bits per heavy atom. The van der Waals surface area contributed by atoms with E-state index in [-0.39, 0.29) is 36.7 Å². The van der Waals surface area contributed by atoms with E-state index in [1.165, 1.54) is 0 Å². The summed E-state index contributed by atoms with van der Waals surface area (Å²) in [5.41, 5.74) is 0.821. The maximum Gasteiger partial charge on any atom is 0.308 e. The third kappa shape index (κ3) is 3.23. The van der Waals surface area contributed by atoms with Gasteiger partial charge in [0.2, 0.25) is 11.8 Å². The Labute approximate surface area is 151 Å². The van der Waals surface area contributed by atoms with Gasteiger partial charge in [0.25, 0.3) is 0 Å². The molecule has 2 aliphatic rings. The minimum absolute atomic E-state index is 0.0923. The Morgan fingerprint density at radius 1 is 1.24 bits per heavy atom. The van der Waals surface area contributed by atoms with Crippen molar-refractivity contribution in [3.05, 3.63) is 34.9 Å². The third-order valence-electron chi connectivity index (χ3n) is 5.33. The smallest absolute Gasteiger partial charge is 0.308 e. The number of hydrogen-bond acceptors (Lipinski definition) is 3. The summed E-state index contributed by atoms with van der Waals surface area (Å²) in [6.45, 7) is 2.45. The molecule has 0 aromatic heterocycles. The summed E-state index contributed by atoms with van der Waals surface area (Å²) in [5, 5.41) is 9.83. The molecule has 0 aliphatic carbocycles. The molecule has 0 radical (unpaired) electrons. The van der Waals surface area contributed by atoms with Crippen molar-refractivity contribution in [3.63, 3.8) is 0 Å². The van der Waals surface area contributed by atoms with Crippen LogP contribution >= 0.6 is 11.6 Å². The van der Waals surface area contributed by atoms with Gasteiger partial charge in [-0.1, -0.05) is 30.7 Å². The molecule has 0 saturated carbocycles. The molecule has 1 aromatic rings. The minimum Gasteiger partial charge on any atom is -0.481 e. The summed E-state index contributed by atoms with van der Waals surface area (Å²) in [7, 11) is 1.69. The fourth-order valence-corrected chi connectivity index (χ4v) is 4.14. The molecule has 2 saturated heterocycles. The zero-order chi connectivity index (χ0) is 18.3. The first-order valence-corrected chi connectivity index (χ1v) is 8.70. The predicted molar refractivity (Wildman–Crippen MR) is 91.9 cm³/mol. The van der Waals surface area contributed by atoms with E-state index in [0.29, 0.717) is 11.6 Å². The Kier molecular flexibility index (Phi) is 4.73. The van der Waals surface area contributed by atoms with Gasteiger partial charge in [-0.2, -0.15) is 0 Å². The van der Waals surface area contributed by atoms with Crippen LogP contribution in [-0.2, 0) is 14.4 Å². The van der Waals surface area contributed by atoms with Crippen molar-refractivity contribution in [2.75, 3.05) is 20.1 Å². The molecule has 0 bridgehead atoms. The maximum absolute atomic E-state index is 13.0. The number of carboxylic acids is 1. The number of amides is 2. The Morgan fingerprint density at radius 3 is 2.56 bits per heavy atom. The van der Waals surface area contributed by atoms with E-state index in [4.69, 9.17) is 11.6 Å². The first-order valence-electron chi connectivity index (χ1n) is 8.32. The summed E-state index contributed by atoms with van der Waals surface area (Å²) < 4.78 is 0. The Hall–Kier alpha value is -2.08. The van der Waals surface area contributed by atoms with Gasteiger partial charge < -0.3 is 14.9 Å². The highest BCUT2D eigenvalue weighted by Gasteiger charge is 2.47. The molecule has 2 unspecified atom stereocenters. The lowest BCUT2D eigenvalue weighted by Gasteiger charge is -2.28. The van der Waals surface area contributed by atoms with Crippen molar-refractivity contribution in [2.24, 2.45) is 17.8 Å². The lowest BCUT2D eigenvalue weighted by molar-refractivity contribution is -0.142. The number of aliphatic carboxylic acids is 1. The van der Waals surface area contributed by atoms with E-state index >= 15 is 0 Å². The molecule has 7 heteroatoms. The van der Waals surface area contributed by atoms with Crippen LogP contribution in [0.2, 0.25) is 5.02 Å². The lowest BCUT2D eigenvalue weighted by Crippen LogP contribution is -2.37. The summed E-state index contributed by atoms with van der Waals surface area (Å²) in [4.78, 5) is 39.8. The van der Waals surface area contributed by atoms with E-state index in [1.54, 1.807) is 35.0 Å². The second-order valence-electron chi connectivity index (χ2n) is 6.98. The van der Waals surface area contributed by atoms with Crippen LogP contribution < -0.4 is 0 Å². The number of benzene rings is 1. The van der Waals surface area contributed by atoms with Gasteiger partial charge in [0, 0.05) is 31.6 Å². The van der Waals surface area contributed by atoms with Crippen molar-refractivity contribution in [3.8, 4) is 0 Å². The molecule has 2 amide bonds. The minimum atomic E-state index is -0.881. The van der Waals surface area contributed by atoms with Gasteiger partial charge >= 0.3 is 5.97 Å². The normalized spacial score (nSPS) is 29.3. The Balaban J connectivity index is 1.86. The third-order valence-corrected chi connectivity index (χ3v) is 5.57. The topological polar surface area (TPSA) is 77.9 Å². The molecule has 3 rings (SSSR count). The van der Waals surface area contributed by atoms with Crippen LogP contribution in [0.1, 0.15) is 24.9 Å². The van der Waals surface area contributed by atoms with Crippen LogP contribution in [0.3, 0.4) is 0 Å². The number of nitrogens with zero attached hydrogens (tertiary/aromatic N) is 2. The molecular weight excluding hydrogens is 344 g/mol. The fraction of sp³-hybridized carbons (Fsp3) is 0.500. The van der Waals surface area contributed by atoms with Gasteiger partial charge in [0.1, 0.15) is 0 Å². The number of rotatable bonds is 3. The monoisotopic (exact) mass is 364 g/mol. The van der Waals surface area contributed by atoms with E-state index in [9.17, 15) is 19.5 Å². The zero-order valence-corrected chi connectivity index (χ0v) is 14.9. The second-order valence-corrected chi connectivity index (χ2v) is 7.42. The van der Waals surface area contributed by atoms with Crippen molar-refractivity contribution < 1.29 is 19.5 Å². The molecule has 1 N–H and O–H groups in total. The number of likely N-dealkylation sites (tertiary alicyclic amines) is 2. The molecule has 2 heterocycles. The Bertz CT molecular complexity index is 723.